The second kappa shape index (κ2) is 16.8. The molecule has 0 aliphatic carbocycles. The number of nitrogens with one attached hydrogen (secondary N) is 1. The van der Waals surface area contributed by atoms with Crippen molar-refractivity contribution in [3.63, 3.8) is 0 Å². The van der Waals surface area contributed by atoms with Gasteiger partial charge in [-0.3, -0.25) is 9.59 Å². The van der Waals surface area contributed by atoms with Crippen molar-refractivity contribution in [1.29, 1.82) is 0 Å². The fourth-order valence-corrected chi connectivity index (χ4v) is 6.96. The van der Waals surface area contributed by atoms with E-state index in [4.69, 9.17) is 14.6 Å². The maximum Gasteiger partial charge on any atom is 0.303 e. The Hall–Kier alpha value is -5.08. The molecule has 1 aliphatic heterocycles. The summed E-state index contributed by atoms with van der Waals surface area (Å²) in [5, 5.41) is 43.9. The molecule has 0 saturated carbocycles. The number of hydrogen-bond acceptors (Lipinski definition) is 10. The van der Waals surface area contributed by atoms with Crippen LogP contribution in [0.15, 0.2) is 102 Å². The Bertz CT molecular complexity index is 1940. The van der Waals surface area contributed by atoms with Crippen molar-refractivity contribution in [2.24, 2.45) is 5.92 Å². The van der Waals surface area contributed by atoms with E-state index in [1.54, 1.807) is 28.9 Å². The van der Waals surface area contributed by atoms with Gasteiger partial charge in [0.15, 0.2) is 6.29 Å². The van der Waals surface area contributed by atoms with Crippen LogP contribution in [0.5, 0.6) is 5.75 Å². The molecule has 4 atom stereocenters. The van der Waals surface area contributed by atoms with Crippen LogP contribution in [-0.2, 0) is 32.2 Å². The third kappa shape index (κ3) is 9.18. The number of carboxylic acid groups (broad SMARTS) is 1. The van der Waals surface area contributed by atoms with Crippen LogP contribution in [0.1, 0.15) is 60.8 Å². The molecule has 4 unspecified atom stereocenters. The molecule has 13 heteroatoms. The molecule has 51 heavy (non-hydrogen) atoms. The van der Waals surface area contributed by atoms with Crippen LogP contribution >= 0.6 is 11.8 Å². The zero-order valence-corrected chi connectivity index (χ0v) is 28.8. The van der Waals surface area contributed by atoms with Crippen molar-refractivity contribution in [2.75, 3.05) is 5.75 Å². The predicted molar refractivity (Wildman–Crippen MR) is 190 cm³/mol. The van der Waals surface area contributed by atoms with Gasteiger partial charge in [0.2, 0.25) is 11.1 Å². The number of benzene rings is 4. The number of phenolic OH excluding ortho intramolecular Hbond substituents is 1. The standard InChI is InChI=1S/C38H39N5O7S/c1-24-33(23-51-38-40-41-42-43(38)31-15-17-32(45)18-16-31)49-37(50-36(24)27-13-11-25(22-44)12-14-27)30-8-3-7-29(20-30)28-6-2-5-26(19-28)21-39-34(46)9-4-10-35(47)48/h2-3,5-8,11-20,24,33,36-37,44-45H,4,9-10,21-23H2,1H3,(H,39,46)(H,47,48). The molecule has 1 saturated heterocycles. The SMILES string of the molecule is CC1C(CSc2nnnn2-c2ccc(O)cc2)OC(c2cccc(-c3cccc(CNC(=O)CCCC(=O)O)c3)c2)OC1c1ccc(CO)cc1. The van der Waals surface area contributed by atoms with E-state index in [0.717, 1.165) is 39.1 Å². The molecule has 0 radical (unpaired) electrons. The molecule has 264 valence electrons. The third-order valence-corrected chi connectivity index (χ3v) is 9.75. The van der Waals surface area contributed by atoms with Gasteiger partial charge in [0.25, 0.3) is 0 Å². The van der Waals surface area contributed by atoms with Crippen molar-refractivity contribution in [1.82, 2.24) is 25.5 Å². The minimum Gasteiger partial charge on any atom is -0.508 e. The molecule has 4 aromatic carbocycles. The van der Waals surface area contributed by atoms with Crippen molar-refractivity contribution >= 4 is 23.6 Å². The molecule has 4 N–H and O–H groups in total. The van der Waals surface area contributed by atoms with Gasteiger partial charge in [-0.25, -0.2) is 0 Å². The summed E-state index contributed by atoms with van der Waals surface area (Å²) in [5.41, 5.74) is 6.19. The van der Waals surface area contributed by atoms with Crippen LogP contribution in [0.25, 0.3) is 16.8 Å². The second-order valence-corrected chi connectivity index (χ2v) is 13.4. The average Bonchev–Trinajstić information content (AvgIpc) is 3.62. The number of aliphatic hydroxyl groups excluding tert-OH is 1. The summed E-state index contributed by atoms with van der Waals surface area (Å²) < 4.78 is 15.0. The average molecular weight is 710 g/mol. The van der Waals surface area contributed by atoms with E-state index >= 15 is 0 Å². The molecule has 1 fully saturated rings. The first-order valence-corrected chi connectivity index (χ1v) is 17.6. The van der Waals surface area contributed by atoms with Gasteiger partial charge in [0.05, 0.1) is 24.5 Å². The fraction of sp³-hybridized carbons (Fsp3) is 0.289. The number of hydrogen-bond donors (Lipinski definition) is 4. The molecule has 6 rings (SSSR count). The molecule has 5 aromatic rings. The summed E-state index contributed by atoms with van der Waals surface area (Å²) >= 11 is 1.47. The van der Waals surface area contributed by atoms with Crippen molar-refractivity contribution in [2.45, 2.75) is 63.0 Å². The van der Waals surface area contributed by atoms with Gasteiger partial charge in [-0.05, 0) is 81.1 Å². The molecule has 2 heterocycles. The number of carbonyl (C=O) groups excluding carboxylic acids is 1. The van der Waals surface area contributed by atoms with E-state index in [0.29, 0.717) is 23.9 Å². The lowest BCUT2D eigenvalue weighted by atomic mass is 9.91. The van der Waals surface area contributed by atoms with Crippen molar-refractivity contribution in [3.8, 4) is 22.6 Å². The number of aromatic hydroxyl groups is 1. The largest absolute Gasteiger partial charge is 0.508 e. The number of rotatable bonds is 14. The Morgan fingerprint density at radius 3 is 2.37 bits per heavy atom. The molecular weight excluding hydrogens is 671 g/mol. The number of tetrazole rings is 1. The summed E-state index contributed by atoms with van der Waals surface area (Å²) in [7, 11) is 0. The first-order valence-electron chi connectivity index (χ1n) is 16.7. The Balaban J connectivity index is 1.21. The zero-order chi connectivity index (χ0) is 35.7. The van der Waals surface area contributed by atoms with E-state index in [1.807, 2.05) is 72.8 Å². The van der Waals surface area contributed by atoms with Crippen LogP contribution in [0, 0.1) is 5.92 Å². The van der Waals surface area contributed by atoms with E-state index < -0.39 is 12.3 Å². The lowest BCUT2D eigenvalue weighted by Crippen LogP contribution is -2.38. The number of thioether (sulfide) groups is 1. The molecule has 12 nitrogen and oxygen atoms in total. The Morgan fingerprint density at radius 1 is 0.882 bits per heavy atom. The van der Waals surface area contributed by atoms with Crippen molar-refractivity contribution in [3.05, 3.63) is 119 Å². The van der Waals surface area contributed by atoms with Gasteiger partial charge in [-0.2, -0.15) is 4.68 Å². The first-order chi connectivity index (χ1) is 24.8. The van der Waals surface area contributed by atoms with Crippen LogP contribution in [0.3, 0.4) is 0 Å². The topological polar surface area (TPSA) is 169 Å². The quantitative estimate of drug-likeness (QED) is 0.100. The lowest BCUT2D eigenvalue weighted by Gasteiger charge is -2.41. The van der Waals surface area contributed by atoms with Crippen LogP contribution < -0.4 is 5.32 Å². The Morgan fingerprint density at radius 2 is 1.63 bits per heavy atom. The number of aliphatic carboxylic acids is 1. The van der Waals surface area contributed by atoms with E-state index in [9.17, 15) is 19.8 Å². The highest BCUT2D eigenvalue weighted by atomic mass is 32.2. The normalized spacial score (nSPS) is 18.7. The van der Waals surface area contributed by atoms with Gasteiger partial charge in [-0.15, -0.1) is 5.10 Å². The highest BCUT2D eigenvalue weighted by molar-refractivity contribution is 7.99. The molecule has 1 aliphatic rings. The third-order valence-electron chi connectivity index (χ3n) is 8.74. The molecule has 0 spiro atoms. The number of aliphatic hydroxyl groups is 1. The van der Waals surface area contributed by atoms with Gasteiger partial charge < -0.3 is 30.1 Å². The number of aromatic nitrogens is 4. The van der Waals surface area contributed by atoms with Crippen LogP contribution in [0.2, 0.25) is 0 Å². The van der Waals surface area contributed by atoms with Gasteiger partial charge in [0.1, 0.15) is 5.75 Å². The molecule has 1 aromatic heterocycles. The number of nitrogens with zero attached hydrogens (tertiary/aromatic N) is 4. The monoisotopic (exact) mass is 709 g/mol. The lowest BCUT2D eigenvalue weighted by molar-refractivity contribution is -0.268. The number of carboxylic acids is 1. The Labute approximate surface area is 299 Å². The minimum atomic E-state index is -0.914. The molecular formula is C38H39N5O7S. The van der Waals surface area contributed by atoms with E-state index in [1.165, 1.54) is 11.8 Å². The van der Waals surface area contributed by atoms with Crippen LogP contribution in [-0.4, -0.2) is 59.3 Å². The van der Waals surface area contributed by atoms with Gasteiger partial charge >= 0.3 is 5.97 Å². The molecule has 0 bridgehead atoms. The maximum absolute atomic E-state index is 12.2. The van der Waals surface area contributed by atoms with E-state index in [-0.39, 0.29) is 49.2 Å². The number of ether oxygens (including phenoxy) is 2. The zero-order valence-electron chi connectivity index (χ0n) is 28.0. The number of phenols is 1. The van der Waals surface area contributed by atoms with Gasteiger partial charge in [0, 0.05) is 36.6 Å². The summed E-state index contributed by atoms with van der Waals surface area (Å²) in [6.45, 7) is 2.38. The summed E-state index contributed by atoms with van der Waals surface area (Å²) in [5.74, 6) is -0.459. The minimum absolute atomic E-state index is 0.0374. The molecule has 1 amide bonds. The fourth-order valence-electron chi connectivity index (χ4n) is 5.91. The highest BCUT2D eigenvalue weighted by Gasteiger charge is 2.38. The smallest absolute Gasteiger partial charge is 0.303 e. The maximum atomic E-state index is 12.2. The summed E-state index contributed by atoms with van der Waals surface area (Å²) in [6, 6.07) is 30.3. The second-order valence-electron chi connectivity index (χ2n) is 12.4. The summed E-state index contributed by atoms with van der Waals surface area (Å²) in [6.07, 6.45) is -0.825. The van der Waals surface area contributed by atoms with Crippen LogP contribution in [0.4, 0.5) is 0 Å². The summed E-state index contributed by atoms with van der Waals surface area (Å²) in [4.78, 5) is 23.0. The Kier molecular flexibility index (Phi) is 11.7. The number of amides is 1. The van der Waals surface area contributed by atoms with Gasteiger partial charge in [-0.1, -0.05) is 79.3 Å². The first kappa shape index (κ1) is 35.7. The predicted octanol–water partition coefficient (Wildman–Crippen LogP) is 5.98. The van der Waals surface area contributed by atoms with Crippen molar-refractivity contribution < 1.29 is 34.4 Å². The highest BCUT2D eigenvalue weighted by Crippen LogP contribution is 2.43. The van der Waals surface area contributed by atoms with E-state index in [2.05, 4.69) is 27.8 Å². The number of carbonyl (C=O) groups is 2.